The average molecular weight is 477 g/mol. The van der Waals surface area contributed by atoms with Gasteiger partial charge in [-0.3, -0.25) is 14.6 Å². The zero-order valence-electron chi connectivity index (χ0n) is 16.1. The van der Waals surface area contributed by atoms with Crippen molar-refractivity contribution in [3.05, 3.63) is 76.5 Å². The van der Waals surface area contributed by atoms with Gasteiger partial charge < -0.3 is 14.5 Å². The number of halogens is 3. The lowest BCUT2D eigenvalue weighted by atomic mass is 10.1. The molecular formula is C22H16Cl3N3O3. The normalized spacial score (nSPS) is 13.0. The summed E-state index contributed by atoms with van der Waals surface area (Å²) >= 11 is 18.0. The van der Waals surface area contributed by atoms with E-state index in [0.717, 1.165) is 0 Å². The van der Waals surface area contributed by atoms with Crippen molar-refractivity contribution >= 4 is 58.0 Å². The maximum absolute atomic E-state index is 13.5. The van der Waals surface area contributed by atoms with Crippen LogP contribution in [0.25, 0.3) is 0 Å². The molecule has 4 rings (SSSR count). The molecule has 0 aliphatic carbocycles. The van der Waals surface area contributed by atoms with Crippen LogP contribution in [0.15, 0.2) is 60.9 Å². The van der Waals surface area contributed by atoms with Crippen molar-refractivity contribution in [2.24, 2.45) is 0 Å². The Morgan fingerprint density at radius 2 is 1.68 bits per heavy atom. The first-order valence-electron chi connectivity index (χ1n) is 9.33. The molecule has 2 aromatic carbocycles. The van der Waals surface area contributed by atoms with E-state index < -0.39 is 0 Å². The highest BCUT2D eigenvalue weighted by molar-refractivity contribution is 6.34. The molecule has 0 unspecified atom stereocenters. The van der Waals surface area contributed by atoms with Crippen LogP contribution in [-0.2, 0) is 4.79 Å². The third-order valence-corrected chi connectivity index (χ3v) is 5.57. The van der Waals surface area contributed by atoms with Crippen molar-refractivity contribution in [2.45, 2.75) is 0 Å². The van der Waals surface area contributed by atoms with Crippen molar-refractivity contribution in [3.8, 4) is 11.5 Å². The van der Waals surface area contributed by atoms with Gasteiger partial charge in [0.15, 0.2) is 0 Å². The monoisotopic (exact) mass is 475 g/mol. The molecule has 2 amide bonds. The van der Waals surface area contributed by atoms with Crippen LogP contribution >= 0.6 is 34.8 Å². The number of carbonyl (C=O) groups is 2. The number of alkyl halides is 1. The molecule has 31 heavy (non-hydrogen) atoms. The van der Waals surface area contributed by atoms with Crippen LogP contribution in [0.3, 0.4) is 0 Å². The maximum Gasteiger partial charge on any atom is 0.263 e. The van der Waals surface area contributed by atoms with Crippen LogP contribution in [0.5, 0.6) is 11.5 Å². The number of ether oxygens (including phenoxy) is 1. The summed E-state index contributed by atoms with van der Waals surface area (Å²) in [6, 6.07) is 13.6. The molecule has 0 N–H and O–H groups in total. The van der Waals surface area contributed by atoms with Crippen molar-refractivity contribution < 1.29 is 14.3 Å². The van der Waals surface area contributed by atoms with Gasteiger partial charge in [-0.25, -0.2) is 0 Å². The second-order valence-corrected chi connectivity index (χ2v) is 7.78. The van der Waals surface area contributed by atoms with Crippen LogP contribution in [0.1, 0.15) is 10.4 Å². The Labute approximate surface area is 193 Å². The van der Waals surface area contributed by atoms with E-state index in [0.29, 0.717) is 46.0 Å². The number of hydrogen-bond acceptors (Lipinski definition) is 4. The SMILES string of the molecule is O=C(CCl)N1CCN(C(=O)c2cnccc2Oc2cc(Cl)ccc2Cl)c2ccccc21. The van der Waals surface area contributed by atoms with Crippen molar-refractivity contribution in [1.29, 1.82) is 0 Å². The van der Waals surface area contributed by atoms with E-state index in [4.69, 9.17) is 39.5 Å². The lowest BCUT2D eigenvalue weighted by Crippen LogP contribution is -2.47. The number of pyridine rings is 1. The number of carbonyl (C=O) groups excluding carboxylic acids is 2. The predicted octanol–water partition coefficient (Wildman–Crippen LogP) is 5.41. The molecule has 158 valence electrons. The van der Waals surface area contributed by atoms with E-state index in [9.17, 15) is 9.59 Å². The van der Waals surface area contributed by atoms with Crippen molar-refractivity contribution in [1.82, 2.24) is 4.98 Å². The molecule has 2 heterocycles. The van der Waals surface area contributed by atoms with Gasteiger partial charge in [0.05, 0.1) is 16.4 Å². The summed E-state index contributed by atoms with van der Waals surface area (Å²) in [5.74, 6) is -0.0503. The van der Waals surface area contributed by atoms with Gasteiger partial charge in [-0.1, -0.05) is 35.3 Å². The number of fused-ring (bicyclic) bond motifs is 1. The molecule has 1 aromatic heterocycles. The average Bonchev–Trinajstić information content (AvgIpc) is 2.80. The molecule has 1 aliphatic heterocycles. The second kappa shape index (κ2) is 9.14. The lowest BCUT2D eigenvalue weighted by Gasteiger charge is -2.36. The van der Waals surface area contributed by atoms with E-state index in [1.54, 1.807) is 58.3 Å². The number of nitrogens with zero attached hydrogens (tertiary/aromatic N) is 3. The van der Waals surface area contributed by atoms with E-state index in [1.165, 1.54) is 12.4 Å². The Kier molecular flexibility index (Phi) is 6.32. The fourth-order valence-corrected chi connectivity index (χ4v) is 3.82. The Morgan fingerprint density at radius 3 is 2.42 bits per heavy atom. The quantitative estimate of drug-likeness (QED) is 0.472. The van der Waals surface area contributed by atoms with Crippen LogP contribution < -0.4 is 14.5 Å². The molecule has 0 saturated heterocycles. The molecule has 0 saturated carbocycles. The van der Waals surface area contributed by atoms with Gasteiger partial charge in [0.2, 0.25) is 5.91 Å². The molecule has 3 aromatic rings. The van der Waals surface area contributed by atoms with E-state index in [2.05, 4.69) is 4.98 Å². The molecule has 9 heteroatoms. The molecule has 0 atom stereocenters. The number of hydrogen-bond donors (Lipinski definition) is 0. The van der Waals surface area contributed by atoms with Crippen molar-refractivity contribution in [2.75, 3.05) is 28.8 Å². The van der Waals surface area contributed by atoms with Gasteiger partial charge >= 0.3 is 0 Å². The molecule has 1 aliphatic rings. The number of benzene rings is 2. The van der Waals surface area contributed by atoms with Gasteiger partial charge in [0.25, 0.3) is 5.91 Å². The van der Waals surface area contributed by atoms with E-state index in [1.807, 2.05) is 0 Å². The summed E-state index contributed by atoms with van der Waals surface area (Å²) in [7, 11) is 0. The Morgan fingerprint density at radius 1 is 0.968 bits per heavy atom. The molecule has 0 spiro atoms. The summed E-state index contributed by atoms with van der Waals surface area (Å²) in [5, 5.41) is 0.813. The smallest absolute Gasteiger partial charge is 0.263 e. The van der Waals surface area contributed by atoms with Crippen LogP contribution in [0.4, 0.5) is 11.4 Å². The number of amides is 2. The van der Waals surface area contributed by atoms with Gasteiger partial charge in [0.1, 0.15) is 22.9 Å². The molecular weight excluding hydrogens is 461 g/mol. The Hall–Kier alpha value is -2.80. The number of rotatable bonds is 4. The summed E-state index contributed by atoms with van der Waals surface area (Å²) in [4.78, 5) is 33.0. The fourth-order valence-electron chi connectivity index (χ4n) is 3.35. The topological polar surface area (TPSA) is 62.7 Å². The van der Waals surface area contributed by atoms with Crippen LogP contribution in [-0.4, -0.2) is 35.8 Å². The highest BCUT2D eigenvalue weighted by atomic mass is 35.5. The van der Waals surface area contributed by atoms with E-state index in [-0.39, 0.29) is 23.3 Å². The standard InChI is InChI=1S/C22H16Cl3N3O3/c23-12-21(29)27-9-10-28(18-4-2-1-3-17(18)27)22(30)15-13-26-8-7-19(15)31-20-11-14(24)5-6-16(20)25/h1-8,11,13H,9-10,12H2. The van der Waals surface area contributed by atoms with Crippen LogP contribution in [0, 0.1) is 0 Å². The molecule has 0 fully saturated rings. The zero-order valence-corrected chi connectivity index (χ0v) is 18.4. The van der Waals surface area contributed by atoms with Gasteiger partial charge in [-0.2, -0.15) is 0 Å². The zero-order chi connectivity index (χ0) is 22.0. The lowest BCUT2D eigenvalue weighted by molar-refractivity contribution is -0.116. The summed E-state index contributed by atoms with van der Waals surface area (Å²) in [6.45, 7) is 0.621. The fraction of sp³-hybridized carbons (Fsp3) is 0.136. The van der Waals surface area contributed by atoms with Gasteiger partial charge in [0, 0.05) is 36.6 Å². The Bertz CT molecular complexity index is 1160. The molecule has 0 radical (unpaired) electrons. The minimum Gasteiger partial charge on any atom is -0.455 e. The third-order valence-electron chi connectivity index (χ3n) is 4.80. The minimum atomic E-state index is -0.313. The third kappa shape index (κ3) is 4.32. The summed E-state index contributed by atoms with van der Waals surface area (Å²) in [5.41, 5.74) is 1.48. The largest absolute Gasteiger partial charge is 0.455 e. The highest BCUT2D eigenvalue weighted by Crippen LogP contribution is 2.37. The highest BCUT2D eigenvalue weighted by Gasteiger charge is 2.31. The van der Waals surface area contributed by atoms with Crippen LogP contribution in [0.2, 0.25) is 10.0 Å². The molecule has 0 bridgehead atoms. The number of para-hydroxylation sites is 2. The minimum absolute atomic E-state index is 0.136. The first-order chi connectivity index (χ1) is 15.0. The summed E-state index contributed by atoms with van der Waals surface area (Å²) in [6.07, 6.45) is 2.96. The van der Waals surface area contributed by atoms with Gasteiger partial charge in [-0.05, 0) is 30.3 Å². The summed E-state index contributed by atoms with van der Waals surface area (Å²) < 4.78 is 5.91. The first kappa shape index (κ1) is 21.4. The van der Waals surface area contributed by atoms with E-state index >= 15 is 0 Å². The molecule has 6 nitrogen and oxygen atoms in total. The Balaban J connectivity index is 1.69. The first-order valence-corrected chi connectivity index (χ1v) is 10.6. The second-order valence-electron chi connectivity index (χ2n) is 6.67. The van der Waals surface area contributed by atoms with Crippen molar-refractivity contribution in [3.63, 3.8) is 0 Å². The predicted molar refractivity (Wildman–Crippen MR) is 122 cm³/mol. The maximum atomic E-state index is 13.5. The number of aromatic nitrogens is 1. The number of anilines is 2. The van der Waals surface area contributed by atoms with Gasteiger partial charge in [-0.15, -0.1) is 11.6 Å².